The molecule has 1 aliphatic rings. The average Bonchev–Trinajstić information content (AvgIpc) is 2.48. The summed E-state index contributed by atoms with van der Waals surface area (Å²) in [7, 11) is 0. The van der Waals surface area contributed by atoms with E-state index in [1.165, 1.54) is 36.3 Å². The molecule has 0 radical (unpaired) electrons. The topological polar surface area (TPSA) is 83.7 Å². The van der Waals surface area contributed by atoms with Crippen molar-refractivity contribution in [1.82, 2.24) is 4.90 Å². The third-order valence-electron chi connectivity index (χ3n) is 3.99. The van der Waals surface area contributed by atoms with Crippen molar-refractivity contribution >= 4 is 11.8 Å². The van der Waals surface area contributed by atoms with Gasteiger partial charge in [-0.2, -0.15) is 0 Å². The molecule has 1 saturated carbocycles. The summed E-state index contributed by atoms with van der Waals surface area (Å²) in [5, 5.41) is 19.9. The van der Waals surface area contributed by atoms with Gasteiger partial charge in [0.25, 0.3) is 5.69 Å². The molecule has 1 aliphatic carbocycles. The Morgan fingerprint density at radius 1 is 1.24 bits per heavy atom. The number of carboxylic acid groups (broad SMARTS) is 1. The Morgan fingerprint density at radius 2 is 1.86 bits per heavy atom. The van der Waals surface area contributed by atoms with Crippen molar-refractivity contribution in [3.8, 4) is 0 Å². The van der Waals surface area contributed by atoms with Crippen molar-refractivity contribution in [2.45, 2.75) is 38.6 Å². The molecule has 0 atom stereocenters. The van der Waals surface area contributed by atoms with Crippen molar-refractivity contribution in [2.24, 2.45) is 5.92 Å². The molecule has 21 heavy (non-hydrogen) atoms. The maximum Gasteiger partial charge on any atom is 0.407 e. The molecular weight excluding hydrogens is 272 g/mol. The minimum atomic E-state index is -0.932. The summed E-state index contributed by atoms with van der Waals surface area (Å²) in [5.41, 5.74) is 0.798. The van der Waals surface area contributed by atoms with Gasteiger partial charge in [0.2, 0.25) is 0 Å². The number of hydrogen-bond acceptors (Lipinski definition) is 3. The SMILES string of the molecule is O=C(O)N(Cc1ccc([N+](=O)[O-])cc1)CC1CCCCC1. The van der Waals surface area contributed by atoms with Gasteiger partial charge in [-0.3, -0.25) is 10.1 Å². The minimum Gasteiger partial charge on any atom is -0.465 e. The summed E-state index contributed by atoms with van der Waals surface area (Å²) in [6.45, 7) is 0.830. The van der Waals surface area contributed by atoms with Crippen LogP contribution in [0.1, 0.15) is 37.7 Å². The fourth-order valence-corrected chi connectivity index (χ4v) is 2.84. The molecular formula is C15H20N2O4. The summed E-state index contributed by atoms with van der Waals surface area (Å²) in [6.07, 6.45) is 4.84. The van der Waals surface area contributed by atoms with Gasteiger partial charge in [-0.15, -0.1) is 0 Å². The van der Waals surface area contributed by atoms with Crippen LogP contribution >= 0.6 is 0 Å². The molecule has 0 saturated heterocycles. The van der Waals surface area contributed by atoms with Crippen LogP contribution < -0.4 is 0 Å². The Bertz CT molecular complexity index is 495. The summed E-state index contributed by atoms with van der Waals surface area (Å²) in [6, 6.07) is 6.07. The molecule has 6 nitrogen and oxygen atoms in total. The molecule has 1 aromatic carbocycles. The predicted octanol–water partition coefficient (Wildman–Crippen LogP) is 3.66. The van der Waals surface area contributed by atoms with Crippen molar-refractivity contribution < 1.29 is 14.8 Å². The van der Waals surface area contributed by atoms with E-state index in [2.05, 4.69) is 0 Å². The Balaban J connectivity index is 1.98. The molecule has 6 heteroatoms. The summed E-state index contributed by atoms with van der Waals surface area (Å²) in [5.74, 6) is 0.438. The zero-order valence-electron chi connectivity index (χ0n) is 11.9. The first-order chi connectivity index (χ1) is 10.1. The van der Waals surface area contributed by atoms with Gasteiger partial charge in [0.1, 0.15) is 0 Å². The third kappa shape index (κ3) is 4.44. The van der Waals surface area contributed by atoms with Crippen LogP contribution in [-0.2, 0) is 6.54 Å². The smallest absolute Gasteiger partial charge is 0.407 e. The van der Waals surface area contributed by atoms with Gasteiger partial charge in [-0.05, 0) is 24.3 Å². The molecule has 0 bridgehead atoms. The molecule has 1 amide bonds. The lowest BCUT2D eigenvalue weighted by atomic mass is 9.89. The highest BCUT2D eigenvalue weighted by atomic mass is 16.6. The number of rotatable bonds is 5. The van der Waals surface area contributed by atoms with Gasteiger partial charge < -0.3 is 10.0 Å². The molecule has 0 aromatic heterocycles. The quantitative estimate of drug-likeness (QED) is 0.663. The van der Waals surface area contributed by atoms with Crippen LogP contribution in [-0.4, -0.2) is 27.6 Å². The predicted molar refractivity (Wildman–Crippen MR) is 78.1 cm³/mol. The van der Waals surface area contributed by atoms with Crippen LogP contribution in [0.3, 0.4) is 0 Å². The summed E-state index contributed by atoms with van der Waals surface area (Å²) >= 11 is 0. The minimum absolute atomic E-state index is 0.0212. The van der Waals surface area contributed by atoms with Crippen LogP contribution in [0.4, 0.5) is 10.5 Å². The first-order valence-electron chi connectivity index (χ1n) is 7.27. The van der Waals surface area contributed by atoms with Gasteiger partial charge in [0.05, 0.1) is 4.92 Å². The highest BCUT2D eigenvalue weighted by Gasteiger charge is 2.20. The van der Waals surface area contributed by atoms with E-state index in [1.54, 1.807) is 12.1 Å². The van der Waals surface area contributed by atoms with E-state index in [9.17, 15) is 20.0 Å². The largest absolute Gasteiger partial charge is 0.465 e. The maximum absolute atomic E-state index is 11.4. The average molecular weight is 292 g/mol. The highest BCUT2D eigenvalue weighted by Crippen LogP contribution is 2.25. The Kier molecular flexibility index (Phi) is 5.14. The van der Waals surface area contributed by atoms with E-state index in [1.807, 2.05) is 0 Å². The van der Waals surface area contributed by atoms with Crippen LogP contribution in [0.25, 0.3) is 0 Å². The molecule has 1 fully saturated rings. The monoisotopic (exact) mass is 292 g/mol. The number of amides is 1. The highest BCUT2D eigenvalue weighted by molar-refractivity contribution is 5.65. The van der Waals surface area contributed by atoms with Crippen LogP contribution in [0.2, 0.25) is 0 Å². The number of nitro benzene ring substituents is 1. The molecule has 0 spiro atoms. The molecule has 114 valence electrons. The summed E-state index contributed by atoms with van der Waals surface area (Å²) in [4.78, 5) is 22.9. The van der Waals surface area contributed by atoms with E-state index in [0.717, 1.165) is 18.4 Å². The van der Waals surface area contributed by atoms with E-state index in [-0.39, 0.29) is 12.2 Å². The Labute approximate surface area is 123 Å². The van der Waals surface area contributed by atoms with Gasteiger partial charge in [-0.1, -0.05) is 31.4 Å². The lowest BCUT2D eigenvalue weighted by Gasteiger charge is -2.28. The number of benzene rings is 1. The third-order valence-corrected chi connectivity index (χ3v) is 3.99. The lowest BCUT2D eigenvalue weighted by Crippen LogP contribution is -2.34. The molecule has 1 aromatic rings. The number of carbonyl (C=O) groups is 1. The van der Waals surface area contributed by atoms with Gasteiger partial charge >= 0.3 is 6.09 Å². The molecule has 0 unspecified atom stereocenters. The molecule has 2 rings (SSSR count). The zero-order chi connectivity index (χ0) is 15.2. The number of nitrogens with zero attached hydrogens (tertiary/aromatic N) is 2. The zero-order valence-corrected chi connectivity index (χ0v) is 11.9. The second kappa shape index (κ2) is 7.06. The maximum atomic E-state index is 11.4. The lowest BCUT2D eigenvalue weighted by molar-refractivity contribution is -0.384. The fourth-order valence-electron chi connectivity index (χ4n) is 2.84. The van der Waals surface area contributed by atoms with Crippen LogP contribution in [0.15, 0.2) is 24.3 Å². The Morgan fingerprint density at radius 3 is 2.38 bits per heavy atom. The number of nitro groups is 1. The molecule has 1 N–H and O–H groups in total. The van der Waals surface area contributed by atoms with Crippen molar-refractivity contribution in [2.75, 3.05) is 6.54 Å². The van der Waals surface area contributed by atoms with Gasteiger partial charge in [0.15, 0.2) is 0 Å². The van der Waals surface area contributed by atoms with E-state index in [0.29, 0.717) is 12.5 Å². The second-order valence-corrected chi connectivity index (χ2v) is 5.59. The normalized spacial score (nSPS) is 15.6. The van der Waals surface area contributed by atoms with Crippen molar-refractivity contribution in [3.63, 3.8) is 0 Å². The first-order valence-corrected chi connectivity index (χ1v) is 7.27. The molecule has 0 aliphatic heterocycles. The fraction of sp³-hybridized carbons (Fsp3) is 0.533. The van der Waals surface area contributed by atoms with Gasteiger partial charge in [-0.25, -0.2) is 4.79 Å². The standard InChI is InChI=1S/C15H20N2O4/c18-15(19)16(10-12-4-2-1-3-5-12)11-13-6-8-14(9-7-13)17(20)21/h6-9,12H,1-5,10-11H2,(H,18,19). The van der Waals surface area contributed by atoms with Crippen LogP contribution in [0.5, 0.6) is 0 Å². The van der Waals surface area contributed by atoms with Crippen molar-refractivity contribution in [3.05, 3.63) is 39.9 Å². The summed E-state index contributed by atoms with van der Waals surface area (Å²) < 4.78 is 0. The number of non-ortho nitro benzene ring substituents is 1. The van der Waals surface area contributed by atoms with Crippen LogP contribution in [0, 0.1) is 16.0 Å². The van der Waals surface area contributed by atoms with E-state index >= 15 is 0 Å². The number of hydrogen-bond donors (Lipinski definition) is 1. The van der Waals surface area contributed by atoms with E-state index in [4.69, 9.17) is 0 Å². The van der Waals surface area contributed by atoms with E-state index < -0.39 is 11.0 Å². The first kappa shape index (κ1) is 15.3. The Hall–Kier alpha value is -2.11. The molecule has 0 heterocycles. The van der Waals surface area contributed by atoms with Gasteiger partial charge in [0, 0.05) is 25.2 Å². The second-order valence-electron chi connectivity index (χ2n) is 5.59. The van der Waals surface area contributed by atoms with Crippen molar-refractivity contribution in [1.29, 1.82) is 0 Å².